The highest BCUT2D eigenvalue weighted by Gasteiger charge is 2.22. The van der Waals surface area contributed by atoms with Gasteiger partial charge in [-0.1, -0.05) is 26.8 Å². The summed E-state index contributed by atoms with van der Waals surface area (Å²) in [5, 5.41) is 12.6. The van der Waals surface area contributed by atoms with Crippen LogP contribution in [0.25, 0.3) is 0 Å². The minimum absolute atomic E-state index is 0.0122. The van der Waals surface area contributed by atoms with Gasteiger partial charge in [0.2, 0.25) is 5.91 Å². The number of hydrogen-bond donors (Lipinski definition) is 2. The van der Waals surface area contributed by atoms with Crippen molar-refractivity contribution < 1.29 is 9.90 Å². The zero-order valence-electron chi connectivity index (χ0n) is 12.4. The maximum absolute atomic E-state index is 11.6. The first-order chi connectivity index (χ1) is 9.39. The van der Waals surface area contributed by atoms with Crippen LogP contribution in [0.2, 0.25) is 0 Å². The maximum atomic E-state index is 11.6. The van der Waals surface area contributed by atoms with Gasteiger partial charge in [0.1, 0.15) is 0 Å². The number of aliphatic hydroxyl groups is 1. The second kappa shape index (κ2) is 8.27. The molecule has 20 heavy (non-hydrogen) atoms. The van der Waals surface area contributed by atoms with Crippen LogP contribution in [0.5, 0.6) is 0 Å². The molecule has 1 unspecified atom stereocenters. The molecule has 1 aromatic heterocycles. The number of nitrogens with one attached hydrogen (secondary N) is 1. The Kier molecular flexibility index (Phi) is 7.02. The highest BCUT2D eigenvalue weighted by Crippen LogP contribution is 2.18. The molecule has 1 amide bonds. The summed E-state index contributed by atoms with van der Waals surface area (Å²) in [4.78, 5) is 15.9. The first-order valence-electron chi connectivity index (χ1n) is 6.82. The quantitative estimate of drug-likeness (QED) is 0.757. The highest BCUT2D eigenvalue weighted by atomic mass is 32.2. The second-order valence-corrected chi connectivity index (χ2v) is 6.91. The van der Waals surface area contributed by atoms with Gasteiger partial charge in [-0.3, -0.25) is 9.78 Å². The number of amides is 1. The average Bonchev–Trinajstić information content (AvgIpc) is 2.41. The van der Waals surface area contributed by atoms with E-state index in [0.29, 0.717) is 13.0 Å². The van der Waals surface area contributed by atoms with Gasteiger partial charge in [-0.2, -0.15) is 11.8 Å². The molecule has 0 aliphatic heterocycles. The van der Waals surface area contributed by atoms with Crippen LogP contribution < -0.4 is 5.32 Å². The minimum Gasteiger partial charge on any atom is -0.391 e. The molecule has 0 spiro atoms. The molecule has 0 aromatic carbocycles. The Morgan fingerprint density at radius 1 is 1.45 bits per heavy atom. The van der Waals surface area contributed by atoms with Crippen molar-refractivity contribution in [1.29, 1.82) is 0 Å². The van der Waals surface area contributed by atoms with Gasteiger partial charge in [0, 0.05) is 30.7 Å². The van der Waals surface area contributed by atoms with E-state index in [1.165, 1.54) is 0 Å². The lowest BCUT2D eigenvalue weighted by atomic mass is 9.89. The van der Waals surface area contributed by atoms with Crippen LogP contribution in [0.15, 0.2) is 24.4 Å². The van der Waals surface area contributed by atoms with Crippen LogP contribution >= 0.6 is 11.8 Å². The number of nitrogens with zero attached hydrogens (tertiary/aromatic N) is 1. The minimum atomic E-state index is -0.521. The van der Waals surface area contributed by atoms with E-state index in [1.54, 1.807) is 18.0 Å². The summed E-state index contributed by atoms with van der Waals surface area (Å²) in [6.45, 7) is 6.17. The largest absolute Gasteiger partial charge is 0.391 e. The Bertz CT molecular complexity index is 404. The number of carbonyl (C=O) groups is 1. The molecule has 1 aromatic rings. The average molecular weight is 296 g/mol. The molecule has 112 valence electrons. The lowest BCUT2D eigenvalue weighted by molar-refractivity contribution is -0.121. The predicted molar refractivity (Wildman–Crippen MR) is 83.5 cm³/mol. The van der Waals surface area contributed by atoms with Crippen LogP contribution in [0.1, 0.15) is 32.9 Å². The van der Waals surface area contributed by atoms with E-state index >= 15 is 0 Å². The van der Waals surface area contributed by atoms with E-state index in [2.05, 4.69) is 10.3 Å². The van der Waals surface area contributed by atoms with Gasteiger partial charge < -0.3 is 10.4 Å². The van der Waals surface area contributed by atoms with Gasteiger partial charge in [-0.15, -0.1) is 0 Å². The summed E-state index contributed by atoms with van der Waals surface area (Å²) in [5.41, 5.74) is 0.821. The molecule has 0 aliphatic rings. The van der Waals surface area contributed by atoms with Crippen molar-refractivity contribution in [2.24, 2.45) is 5.41 Å². The highest BCUT2D eigenvalue weighted by molar-refractivity contribution is 7.98. The Balaban J connectivity index is 2.12. The van der Waals surface area contributed by atoms with Crippen LogP contribution in [0.3, 0.4) is 0 Å². The van der Waals surface area contributed by atoms with Crippen molar-refractivity contribution in [3.8, 4) is 0 Å². The van der Waals surface area contributed by atoms with Gasteiger partial charge >= 0.3 is 0 Å². The van der Waals surface area contributed by atoms with Crippen LogP contribution in [-0.4, -0.2) is 34.4 Å². The van der Waals surface area contributed by atoms with Gasteiger partial charge in [-0.05, 0) is 17.5 Å². The molecular formula is C15H24N2O2S. The molecular weight excluding hydrogens is 272 g/mol. The van der Waals surface area contributed by atoms with Crippen molar-refractivity contribution in [3.63, 3.8) is 0 Å². The van der Waals surface area contributed by atoms with E-state index in [4.69, 9.17) is 0 Å². The van der Waals surface area contributed by atoms with Crippen molar-refractivity contribution >= 4 is 17.7 Å². The summed E-state index contributed by atoms with van der Waals surface area (Å²) >= 11 is 1.69. The third kappa shape index (κ3) is 6.91. The van der Waals surface area contributed by atoms with Crippen LogP contribution in [0.4, 0.5) is 0 Å². The summed E-state index contributed by atoms with van der Waals surface area (Å²) in [7, 11) is 0. The van der Waals surface area contributed by atoms with Gasteiger partial charge in [0.15, 0.2) is 0 Å². The monoisotopic (exact) mass is 296 g/mol. The number of carbonyl (C=O) groups excluding carboxylic acids is 1. The van der Waals surface area contributed by atoms with E-state index in [0.717, 1.165) is 17.2 Å². The third-order valence-corrected chi connectivity index (χ3v) is 3.93. The molecule has 4 nitrogen and oxygen atoms in total. The zero-order chi connectivity index (χ0) is 15.0. The lowest BCUT2D eigenvalue weighted by Crippen LogP contribution is -2.39. The molecule has 5 heteroatoms. The third-order valence-electron chi connectivity index (χ3n) is 2.94. The fourth-order valence-corrected chi connectivity index (χ4v) is 2.28. The number of aliphatic hydroxyl groups excluding tert-OH is 1. The zero-order valence-corrected chi connectivity index (χ0v) is 13.2. The standard InChI is InChI=1S/C15H24N2O2S/c1-15(2,3)13(18)10-17-14(19)7-9-20-11-12-6-4-5-8-16-12/h4-6,8,13,18H,7,9-11H2,1-3H3,(H,17,19). The van der Waals surface area contributed by atoms with Gasteiger partial charge in [0.05, 0.1) is 11.8 Å². The fourth-order valence-electron chi connectivity index (χ4n) is 1.43. The Morgan fingerprint density at radius 2 is 2.20 bits per heavy atom. The number of thioether (sulfide) groups is 1. The number of aromatic nitrogens is 1. The number of rotatable bonds is 7. The first kappa shape index (κ1) is 17.0. The van der Waals surface area contributed by atoms with Crippen molar-refractivity contribution in [2.75, 3.05) is 12.3 Å². The summed E-state index contributed by atoms with van der Waals surface area (Å²) in [6, 6.07) is 5.83. The number of hydrogen-bond acceptors (Lipinski definition) is 4. The number of pyridine rings is 1. The maximum Gasteiger partial charge on any atom is 0.220 e. The summed E-state index contributed by atoms with van der Waals surface area (Å²) in [6.07, 6.45) is 1.72. The summed E-state index contributed by atoms with van der Waals surface area (Å²) < 4.78 is 0. The summed E-state index contributed by atoms with van der Waals surface area (Å²) in [5.74, 6) is 1.56. The first-order valence-corrected chi connectivity index (χ1v) is 7.97. The molecule has 0 saturated carbocycles. The van der Waals surface area contributed by atoms with Crippen LogP contribution in [0, 0.1) is 5.41 Å². The fraction of sp³-hybridized carbons (Fsp3) is 0.600. The Labute approximate surface area is 125 Å². The Morgan fingerprint density at radius 3 is 2.80 bits per heavy atom. The SMILES string of the molecule is CC(C)(C)C(O)CNC(=O)CCSCc1ccccn1. The predicted octanol–water partition coefficient (Wildman–Crippen LogP) is 2.23. The van der Waals surface area contributed by atoms with E-state index in [1.807, 2.05) is 39.0 Å². The molecule has 0 fully saturated rings. The van der Waals surface area contributed by atoms with Crippen LogP contribution in [-0.2, 0) is 10.5 Å². The van der Waals surface area contributed by atoms with E-state index in [9.17, 15) is 9.90 Å². The molecule has 0 radical (unpaired) electrons. The Hall–Kier alpha value is -1.07. The lowest BCUT2D eigenvalue weighted by Gasteiger charge is -2.25. The molecule has 1 rings (SSSR count). The van der Waals surface area contributed by atoms with Crippen molar-refractivity contribution in [1.82, 2.24) is 10.3 Å². The van der Waals surface area contributed by atoms with Crippen molar-refractivity contribution in [3.05, 3.63) is 30.1 Å². The van der Waals surface area contributed by atoms with Gasteiger partial charge in [-0.25, -0.2) is 0 Å². The topological polar surface area (TPSA) is 62.2 Å². The molecule has 1 atom stereocenters. The van der Waals surface area contributed by atoms with Gasteiger partial charge in [0.25, 0.3) is 0 Å². The van der Waals surface area contributed by atoms with Crippen molar-refractivity contribution in [2.45, 2.75) is 39.0 Å². The normalized spacial score (nSPS) is 13.0. The smallest absolute Gasteiger partial charge is 0.220 e. The second-order valence-electron chi connectivity index (χ2n) is 5.81. The molecule has 1 heterocycles. The van der Waals surface area contributed by atoms with E-state index < -0.39 is 6.10 Å². The molecule has 0 aliphatic carbocycles. The molecule has 0 bridgehead atoms. The van der Waals surface area contributed by atoms with E-state index in [-0.39, 0.29) is 11.3 Å². The molecule has 2 N–H and O–H groups in total. The molecule has 0 saturated heterocycles.